The van der Waals surface area contributed by atoms with Crippen LogP contribution in [0.25, 0.3) is 0 Å². The van der Waals surface area contributed by atoms with Crippen LogP contribution in [0.2, 0.25) is 0 Å². The van der Waals surface area contributed by atoms with Gasteiger partial charge in [-0.25, -0.2) is 4.98 Å². The molecule has 0 unspecified atom stereocenters. The topological polar surface area (TPSA) is 97.8 Å². The molecule has 184 valence electrons. The Bertz CT molecular complexity index is 1150. The lowest BCUT2D eigenvalue weighted by atomic mass is 10.1. The van der Waals surface area contributed by atoms with Crippen LogP contribution in [0.1, 0.15) is 35.3 Å². The van der Waals surface area contributed by atoms with Crippen molar-refractivity contribution >= 4 is 29.0 Å². The number of ether oxygens (including phenoxy) is 3. The SMILES string of the molecule is COc1cc(C(=O)Nc2ccc(Nc3cc(C)nc(N4CCCCC4)n3)cc2)cc(OC)c1OC. The lowest BCUT2D eigenvalue weighted by Crippen LogP contribution is -2.31. The van der Waals surface area contributed by atoms with Crippen LogP contribution >= 0.6 is 0 Å². The van der Waals surface area contributed by atoms with Gasteiger partial charge in [-0.15, -0.1) is 0 Å². The van der Waals surface area contributed by atoms with E-state index in [-0.39, 0.29) is 5.91 Å². The molecule has 2 aromatic carbocycles. The maximum Gasteiger partial charge on any atom is 0.255 e. The van der Waals surface area contributed by atoms with Crippen LogP contribution in [0.5, 0.6) is 17.2 Å². The Kier molecular flexibility index (Phi) is 7.54. The molecule has 1 saturated heterocycles. The van der Waals surface area contributed by atoms with Gasteiger partial charge >= 0.3 is 0 Å². The van der Waals surface area contributed by atoms with E-state index in [0.29, 0.717) is 28.5 Å². The van der Waals surface area contributed by atoms with Crippen molar-refractivity contribution in [1.82, 2.24) is 9.97 Å². The maximum absolute atomic E-state index is 12.9. The first-order valence-electron chi connectivity index (χ1n) is 11.6. The van der Waals surface area contributed by atoms with Crippen molar-refractivity contribution < 1.29 is 19.0 Å². The molecule has 1 aliphatic heterocycles. The number of nitrogens with one attached hydrogen (secondary N) is 2. The Morgan fingerprint density at radius 1 is 0.857 bits per heavy atom. The monoisotopic (exact) mass is 477 g/mol. The van der Waals surface area contributed by atoms with E-state index in [2.05, 4.69) is 20.5 Å². The van der Waals surface area contributed by atoms with Gasteiger partial charge in [-0.2, -0.15) is 4.98 Å². The largest absolute Gasteiger partial charge is 0.493 e. The summed E-state index contributed by atoms with van der Waals surface area (Å²) in [4.78, 5) is 24.4. The highest BCUT2D eigenvalue weighted by molar-refractivity contribution is 6.05. The van der Waals surface area contributed by atoms with Crippen molar-refractivity contribution in [1.29, 1.82) is 0 Å². The summed E-state index contributed by atoms with van der Waals surface area (Å²) < 4.78 is 16.0. The van der Waals surface area contributed by atoms with Crippen LogP contribution < -0.4 is 29.7 Å². The van der Waals surface area contributed by atoms with E-state index in [9.17, 15) is 4.79 Å². The molecular formula is C26H31N5O4. The van der Waals surface area contributed by atoms with Gasteiger partial charge in [0.1, 0.15) is 5.82 Å². The number of piperidine rings is 1. The van der Waals surface area contributed by atoms with E-state index < -0.39 is 0 Å². The van der Waals surface area contributed by atoms with Gasteiger partial charge in [0.25, 0.3) is 5.91 Å². The molecule has 2 N–H and O–H groups in total. The molecule has 1 aliphatic rings. The number of carbonyl (C=O) groups excluding carboxylic acids is 1. The zero-order valence-corrected chi connectivity index (χ0v) is 20.6. The third-order valence-electron chi connectivity index (χ3n) is 5.82. The first-order valence-corrected chi connectivity index (χ1v) is 11.6. The van der Waals surface area contributed by atoms with E-state index in [4.69, 9.17) is 19.2 Å². The lowest BCUT2D eigenvalue weighted by Gasteiger charge is -2.27. The molecule has 1 fully saturated rings. The van der Waals surface area contributed by atoms with Crippen LogP contribution in [0, 0.1) is 6.92 Å². The number of aryl methyl sites for hydroxylation is 1. The molecule has 9 nitrogen and oxygen atoms in total. The van der Waals surface area contributed by atoms with Crippen molar-refractivity contribution in [2.45, 2.75) is 26.2 Å². The molecule has 9 heteroatoms. The smallest absolute Gasteiger partial charge is 0.255 e. The van der Waals surface area contributed by atoms with Gasteiger partial charge < -0.3 is 29.7 Å². The normalized spacial score (nSPS) is 13.2. The predicted octanol–water partition coefficient (Wildman–Crippen LogP) is 4.80. The molecule has 0 saturated carbocycles. The summed E-state index contributed by atoms with van der Waals surface area (Å²) >= 11 is 0. The van der Waals surface area contributed by atoms with E-state index >= 15 is 0 Å². The lowest BCUT2D eigenvalue weighted by molar-refractivity contribution is 0.102. The van der Waals surface area contributed by atoms with Crippen molar-refractivity contribution in [2.75, 3.05) is 50.0 Å². The Morgan fingerprint density at radius 3 is 2.09 bits per heavy atom. The third kappa shape index (κ3) is 5.74. The number of benzene rings is 2. The summed E-state index contributed by atoms with van der Waals surface area (Å²) in [5.41, 5.74) is 2.82. The molecule has 2 heterocycles. The van der Waals surface area contributed by atoms with Gasteiger partial charge in [-0.05, 0) is 62.6 Å². The van der Waals surface area contributed by atoms with Crippen molar-refractivity contribution in [2.24, 2.45) is 0 Å². The first kappa shape index (κ1) is 24.1. The Hall–Kier alpha value is -4.01. The van der Waals surface area contributed by atoms with Crippen LogP contribution in [-0.2, 0) is 0 Å². The molecule has 0 aliphatic carbocycles. The third-order valence-corrected chi connectivity index (χ3v) is 5.82. The van der Waals surface area contributed by atoms with Gasteiger partial charge in [0.15, 0.2) is 11.5 Å². The van der Waals surface area contributed by atoms with Gasteiger partial charge in [0.05, 0.1) is 21.3 Å². The predicted molar refractivity (Wildman–Crippen MR) is 137 cm³/mol. The minimum atomic E-state index is -0.289. The molecule has 35 heavy (non-hydrogen) atoms. The molecule has 0 spiro atoms. The fraction of sp³-hybridized carbons (Fsp3) is 0.346. The van der Waals surface area contributed by atoms with Gasteiger partial charge in [-0.3, -0.25) is 4.79 Å². The zero-order valence-electron chi connectivity index (χ0n) is 20.6. The number of rotatable bonds is 8. The number of methoxy groups -OCH3 is 3. The van der Waals surface area contributed by atoms with Crippen molar-refractivity contribution in [3.8, 4) is 17.2 Å². The zero-order chi connectivity index (χ0) is 24.8. The number of aromatic nitrogens is 2. The molecular weight excluding hydrogens is 446 g/mol. The van der Waals surface area contributed by atoms with Crippen LogP contribution in [0.15, 0.2) is 42.5 Å². The van der Waals surface area contributed by atoms with Gasteiger partial charge in [-0.1, -0.05) is 0 Å². The minimum absolute atomic E-state index is 0.289. The Morgan fingerprint density at radius 2 is 1.49 bits per heavy atom. The highest BCUT2D eigenvalue weighted by Gasteiger charge is 2.18. The first-order chi connectivity index (χ1) is 17.0. The average Bonchev–Trinajstić information content (AvgIpc) is 2.89. The summed E-state index contributed by atoms with van der Waals surface area (Å²) in [5.74, 6) is 2.49. The van der Waals surface area contributed by atoms with Crippen molar-refractivity contribution in [3.63, 3.8) is 0 Å². The number of anilines is 4. The van der Waals surface area contributed by atoms with E-state index in [1.54, 1.807) is 12.1 Å². The van der Waals surface area contributed by atoms with Crippen LogP contribution in [0.4, 0.5) is 23.1 Å². The average molecular weight is 478 g/mol. The van der Waals surface area contributed by atoms with Gasteiger partial charge in [0.2, 0.25) is 11.7 Å². The molecule has 1 aromatic heterocycles. The fourth-order valence-electron chi connectivity index (χ4n) is 4.05. The Balaban J connectivity index is 1.45. The summed E-state index contributed by atoms with van der Waals surface area (Å²) in [6.45, 7) is 3.95. The van der Waals surface area contributed by atoms with Crippen LogP contribution in [-0.4, -0.2) is 50.3 Å². The molecule has 1 amide bonds. The van der Waals surface area contributed by atoms with Gasteiger partial charge in [0, 0.05) is 41.8 Å². The molecule has 0 atom stereocenters. The van der Waals surface area contributed by atoms with E-state index in [1.807, 2.05) is 37.3 Å². The second-order valence-corrected chi connectivity index (χ2v) is 8.31. The molecule has 4 rings (SSSR count). The highest BCUT2D eigenvalue weighted by atomic mass is 16.5. The second kappa shape index (κ2) is 10.9. The standard InChI is InChI=1S/C26H31N5O4/c1-17-14-23(30-26(27-17)31-12-6-5-7-13-31)28-19-8-10-20(11-9-19)29-25(32)18-15-21(33-2)24(35-4)22(16-18)34-3/h8-11,14-16H,5-7,12-13H2,1-4H3,(H,29,32)(H,27,28,30). The summed E-state index contributed by atoms with van der Waals surface area (Å²) in [6, 6.07) is 12.6. The molecule has 3 aromatic rings. The number of hydrogen-bond acceptors (Lipinski definition) is 8. The van der Waals surface area contributed by atoms with Crippen LogP contribution in [0.3, 0.4) is 0 Å². The number of amides is 1. The molecule has 0 bridgehead atoms. The molecule has 0 radical (unpaired) electrons. The van der Waals surface area contributed by atoms with E-state index in [1.165, 1.54) is 40.6 Å². The quantitative estimate of drug-likeness (QED) is 0.478. The summed E-state index contributed by atoms with van der Waals surface area (Å²) in [5, 5.41) is 6.24. The fourth-order valence-corrected chi connectivity index (χ4v) is 4.05. The summed E-state index contributed by atoms with van der Waals surface area (Å²) in [7, 11) is 4.55. The number of hydrogen-bond donors (Lipinski definition) is 2. The van der Waals surface area contributed by atoms with Crippen molar-refractivity contribution in [3.05, 3.63) is 53.7 Å². The second-order valence-electron chi connectivity index (χ2n) is 8.31. The number of nitrogens with zero attached hydrogens (tertiary/aromatic N) is 3. The number of carbonyl (C=O) groups is 1. The minimum Gasteiger partial charge on any atom is -0.493 e. The van der Waals surface area contributed by atoms with E-state index in [0.717, 1.165) is 36.2 Å². The summed E-state index contributed by atoms with van der Waals surface area (Å²) in [6.07, 6.45) is 3.60. The Labute approximate surface area is 205 Å². The maximum atomic E-state index is 12.9. The highest BCUT2D eigenvalue weighted by Crippen LogP contribution is 2.38.